The predicted octanol–water partition coefficient (Wildman–Crippen LogP) is 5.48. The quantitative estimate of drug-likeness (QED) is 0.536. The van der Waals surface area contributed by atoms with Crippen molar-refractivity contribution in [2.24, 2.45) is 5.92 Å². The summed E-state index contributed by atoms with van der Waals surface area (Å²) in [6.45, 7) is 10.2. The summed E-state index contributed by atoms with van der Waals surface area (Å²) < 4.78 is 8.00. The summed E-state index contributed by atoms with van der Waals surface area (Å²) >= 11 is 0. The van der Waals surface area contributed by atoms with Gasteiger partial charge in [-0.25, -0.2) is 9.78 Å². The Morgan fingerprint density at radius 3 is 2.75 bits per heavy atom. The molecule has 0 unspecified atom stereocenters. The van der Waals surface area contributed by atoms with E-state index in [9.17, 15) is 4.79 Å². The van der Waals surface area contributed by atoms with Crippen molar-refractivity contribution in [2.75, 3.05) is 19.0 Å². The van der Waals surface area contributed by atoms with E-state index in [1.807, 2.05) is 26.0 Å². The lowest BCUT2D eigenvalue weighted by Gasteiger charge is -2.21. The third-order valence-corrected chi connectivity index (χ3v) is 6.22. The normalized spacial score (nSPS) is 13.0. The Morgan fingerprint density at radius 2 is 2.00 bits per heavy atom. The van der Waals surface area contributed by atoms with Crippen molar-refractivity contribution in [3.05, 3.63) is 53.3 Å². The number of anilines is 1. The molecule has 1 N–H and O–H groups in total. The number of carbonyl (C=O) groups excluding carboxylic acids is 1. The molecule has 32 heavy (non-hydrogen) atoms. The minimum atomic E-state index is -0.112. The van der Waals surface area contributed by atoms with E-state index in [1.54, 1.807) is 11.9 Å². The van der Waals surface area contributed by atoms with Crippen LogP contribution in [0.2, 0.25) is 0 Å². The highest BCUT2D eigenvalue weighted by atomic mass is 16.5. The maximum atomic E-state index is 12.5. The second-order valence-electron chi connectivity index (χ2n) is 9.42. The van der Waals surface area contributed by atoms with Crippen molar-refractivity contribution in [1.29, 1.82) is 0 Å². The highest BCUT2D eigenvalue weighted by molar-refractivity contribution is 5.92. The zero-order chi connectivity index (χ0) is 22.8. The average Bonchev–Trinajstić information content (AvgIpc) is 3.34. The van der Waals surface area contributed by atoms with Gasteiger partial charge in [0.05, 0.1) is 17.6 Å². The van der Waals surface area contributed by atoms with Gasteiger partial charge in [-0.3, -0.25) is 0 Å². The summed E-state index contributed by atoms with van der Waals surface area (Å²) in [7, 11) is 1.80. The second-order valence-corrected chi connectivity index (χ2v) is 9.42. The van der Waals surface area contributed by atoms with Crippen molar-refractivity contribution < 1.29 is 9.53 Å². The first-order valence-electron chi connectivity index (χ1n) is 11.6. The molecule has 4 rings (SSSR count). The van der Waals surface area contributed by atoms with Crippen molar-refractivity contribution in [2.45, 2.75) is 59.5 Å². The SMILES string of the molecule is CC(C)CCn1c(Cc2ccc3c(c2)CCO3)nc2cc(NC(=O)N(C)C(C)C)ccc21. The molecule has 3 aromatic rings. The number of fused-ring (bicyclic) bond motifs is 2. The molecule has 6 heteroatoms. The number of amides is 2. The van der Waals surface area contributed by atoms with Crippen molar-refractivity contribution in [3.63, 3.8) is 0 Å². The van der Waals surface area contributed by atoms with Gasteiger partial charge in [0.15, 0.2) is 0 Å². The van der Waals surface area contributed by atoms with Gasteiger partial charge in [0, 0.05) is 38.2 Å². The lowest BCUT2D eigenvalue weighted by molar-refractivity contribution is 0.211. The lowest BCUT2D eigenvalue weighted by atomic mass is 10.1. The van der Waals surface area contributed by atoms with E-state index in [0.29, 0.717) is 5.92 Å². The van der Waals surface area contributed by atoms with E-state index < -0.39 is 0 Å². The fraction of sp³-hybridized carbons (Fsp3) is 0.462. The number of carbonyl (C=O) groups is 1. The molecule has 1 aromatic heterocycles. The Bertz CT molecular complexity index is 1120. The van der Waals surface area contributed by atoms with Crippen LogP contribution in [-0.2, 0) is 19.4 Å². The van der Waals surface area contributed by atoms with Gasteiger partial charge in [0.1, 0.15) is 11.6 Å². The monoisotopic (exact) mass is 434 g/mol. The van der Waals surface area contributed by atoms with Gasteiger partial charge < -0.3 is 19.5 Å². The number of urea groups is 1. The van der Waals surface area contributed by atoms with Crippen LogP contribution < -0.4 is 10.1 Å². The summed E-state index contributed by atoms with van der Waals surface area (Å²) in [5.74, 6) is 2.68. The Hall–Kier alpha value is -3.02. The van der Waals surface area contributed by atoms with Crippen LogP contribution in [0.25, 0.3) is 11.0 Å². The molecule has 0 saturated heterocycles. The smallest absolute Gasteiger partial charge is 0.321 e. The fourth-order valence-corrected chi connectivity index (χ4v) is 4.01. The third-order valence-electron chi connectivity index (χ3n) is 6.22. The van der Waals surface area contributed by atoms with Gasteiger partial charge in [0.25, 0.3) is 0 Å². The van der Waals surface area contributed by atoms with Gasteiger partial charge >= 0.3 is 6.03 Å². The molecule has 2 amide bonds. The predicted molar refractivity (Wildman–Crippen MR) is 130 cm³/mol. The number of rotatable bonds is 7. The number of nitrogens with one attached hydrogen (secondary N) is 1. The van der Waals surface area contributed by atoms with Crippen molar-refractivity contribution in [3.8, 4) is 5.75 Å². The van der Waals surface area contributed by atoms with Crippen LogP contribution in [0.3, 0.4) is 0 Å². The molecule has 0 spiro atoms. The maximum absolute atomic E-state index is 12.5. The molecule has 1 aliphatic heterocycles. The number of benzene rings is 2. The van der Waals surface area contributed by atoms with E-state index in [2.05, 4.69) is 48.0 Å². The Balaban J connectivity index is 1.64. The first kappa shape index (κ1) is 22.2. The average molecular weight is 435 g/mol. The zero-order valence-corrected chi connectivity index (χ0v) is 19.8. The largest absolute Gasteiger partial charge is 0.493 e. The number of hydrogen-bond donors (Lipinski definition) is 1. The summed E-state index contributed by atoms with van der Waals surface area (Å²) in [6, 6.07) is 12.5. The third kappa shape index (κ3) is 4.74. The number of imidazole rings is 1. The van der Waals surface area contributed by atoms with E-state index in [0.717, 1.165) is 60.7 Å². The van der Waals surface area contributed by atoms with E-state index >= 15 is 0 Å². The van der Waals surface area contributed by atoms with Gasteiger partial charge in [-0.15, -0.1) is 0 Å². The molecule has 0 fully saturated rings. The van der Waals surface area contributed by atoms with Crippen LogP contribution in [0.15, 0.2) is 36.4 Å². The molecule has 0 saturated carbocycles. The summed E-state index contributed by atoms with van der Waals surface area (Å²) in [5.41, 5.74) is 5.33. The molecule has 0 aliphatic carbocycles. The minimum Gasteiger partial charge on any atom is -0.493 e. The maximum Gasteiger partial charge on any atom is 0.321 e. The molecule has 1 aliphatic rings. The number of ether oxygens (including phenoxy) is 1. The molecule has 6 nitrogen and oxygen atoms in total. The summed E-state index contributed by atoms with van der Waals surface area (Å²) in [6.07, 6.45) is 2.84. The Kier molecular flexibility index (Phi) is 6.40. The molecule has 0 bridgehead atoms. The Labute approximate surface area is 190 Å². The van der Waals surface area contributed by atoms with Gasteiger partial charge in [-0.05, 0) is 61.6 Å². The van der Waals surface area contributed by atoms with Crippen LogP contribution >= 0.6 is 0 Å². The number of hydrogen-bond acceptors (Lipinski definition) is 3. The standard InChI is InChI=1S/C26H34N4O2/c1-17(2)10-12-30-23-8-7-21(27-26(31)29(5)18(3)4)16-22(23)28-25(30)15-19-6-9-24-20(14-19)11-13-32-24/h6-9,14,16-18H,10-13,15H2,1-5H3,(H,27,31). The first-order chi connectivity index (χ1) is 15.3. The highest BCUT2D eigenvalue weighted by Crippen LogP contribution is 2.28. The van der Waals surface area contributed by atoms with Gasteiger partial charge in [-0.1, -0.05) is 26.0 Å². The molecular weight excluding hydrogens is 400 g/mol. The topological polar surface area (TPSA) is 59.4 Å². The number of nitrogens with zero attached hydrogens (tertiary/aromatic N) is 3. The van der Waals surface area contributed by atoms with Gasteiger partial charge in [0.2, 0.25) is 0 Å². The van der Waals surface area contributed by atoms with E-state index in [1.165, 1.54) is 11.1 Å². The van der Waals surface area contributed by atoms with E-state index in [-0.39, 0.29) is 12.1 Å². The summed E-state index contributed by atoms with van der Waals surface area (Å²) in [5, 5.41) is 3.00. The van der Waals surface area contributed by atoms with Crippen LogP contribution in [-0.4, -0.2) is 40.2 Å². The lowest BCUT2D eigenvalue weighted by Crippen LogP contribution is -2.36. The van der Waals surface area contributed by atoms with Crippen LogP contribution in [0.4, 0.5) is 10.5 Å². The fourth-order valence-electron chi connectivity index (χ4n) is 4.01. The van der Waals surface area contributed by atoms with Crippen LogP contribution in [0.1, 0.15) is 51.1 Å². The molecule has 2 aromatic carbocycles. The zero-order valence-electron chi connectivity index (χ0n) is 19.8. The molecular formula is C26H34N4O2. The molecule has 170 valence electrons. The van der Waals surface area contributed by atoms with Gasteiger partial charge in [-0.2, -0.15) is 0 Å². The van der Waals surface area contributed by atoms with Crippen molar-refractivity contribution in [1.82, 2.24) is 14.5 Å². The molecule has 0 atom stereocenters. The Morgan fingerprint density at radius 1 is 1.19 bits per heavy atom. The second kappa shape index (κ2) is 9.23. The minimum absolute atomic E-state index is 0.112. The van der Waals surface area contributed by atoms with E-state index in [4.69, 9.17) is 9.72 Å². The highest BCUT2D eigenvalue weighted by Gasteiger charge is 2.17. The number of aromatic nitrogens is 2. The molecule has 2 heterocycles. The van der Waals surface area contributed by atoms with Crippen LogP contribution in [0.5, 0.6) is 5.75 Å². The molecule has 0 radical (unpaired) electrons. The van der Waals surface area contributed by atoms with Crippen molar-refractivity contribution >= 4 is 22.8 Å². The van der Waals surface area contributed by atoms with Crippen LogP contribution in [0, 0.1) is 5.92 Å². The summed E-state index contributed by atoms with van der Waals surface area (Å²) in [4.78, 5) is 19.1. The first-order valence-corrected chi connectivity index (χ1v) is 11.6. The number of aryl methyl sites for hydroxylation is 1.